The molecule has 0 saturated carbocycles. The number of nitrogens with zero attached hydrogens (tertiary/aromatic N) is 2. The van der Waals surface area contributed by atoms with E-state index < -0.39 is 6.04 Å². The predicted molar refractivity (Wildman–Crippen MR) is 72.3 cm³/mol. The van der Waals surface area contributed by atoms with Gasteiger partial charge in [-0.2, -0.15) is 12.6 Å². The van der Waals surface area contributed by atoms with E-state index in [0.29, 0.717) is 12.4 Å². The fourth-order valence-corrected chi connectivity index (χ4v) is 1.81. The molecule has 5 nitrogen and oxygen atoms in total. The number of thiol groups is 1. The molecular weight excluding hydrogens is 246 g/mol. The Hall–Kier alpha value is -0.400. The minimum Gasteiger partial charge on any atom is -0.468 e. The summed E-state index contributed by atoms with van der Waals surface area (Å²) in [7, 11) is 5.20. The van der Waals surface area contributed by atoms with Crippen LogP contribution in [0, 0.1) is 0 Å². The van der Waals surface area contributed by atoms with E-state index in [1.54, 1.807) is 11.8 Å². The summed E-state index contributed by atoms with van der Waals surface area (Å²) in [6.45, 7) is 0.370. The quantitative estimate of drug-likeness (QED) is 0.324. The Bertz CT molecular complexity index is 247. The van der Waals surface area contributed by atoms with Gasteiger partial charge in [0.25, 0.3) is 0 Å². The Labute approximate surface area is 106 Å². The van der Waals surface area contributed by atoms with Crippen molar-refractivity contribution in [1.82, 2.24) is 10.2 Å². The van der Waals surface area contributed by atoms with Gasteiger partial charge in [0, 0.05) is 19.8 Å². The maximum atomic E-state index is 11.2. The van der Waals surface area contributed by atoms with Crippen LogP contribution >= 0.6 is 24.4 Å². The largest absolute Gasteiger partial charge is 0.468 e. The molecule has 0 fully saturated rings. The second-order valence-corrected chi connectivity index (χ2v) is 4.30. The average molecular weight is 265 g/mol. The van der Waals surface area contributed by atoms with E-state index in [2.05, 4.69) is 27.7 Å². The van der Waals surface area contributed by atoms with Gasteiger partial charge in [0.1, 0.15) is 6.04 Å². The van der Waals surface area contributed by atoms with Crippen LogP contribution in [0.3, 0.4) is 0 Å². The molecule has 16 heavy (non-hydrogen) atoms. The first kappa shape index (κ1) is 15.6. The number of hydrogen-bond donors (Lipinski definition) is 2. The van der Waals surface area contributed by atoms with Crippen LogP contribution in [0.4, 0.5) is 0 Å². The highest BCUT2D eigenvalue weighted by Crippen LogP contribution is 2.00. The molecule has 94 valence electrons. The molecule has 0 bridgehead atoms. The lowest BCUT2D eigenvalue weighted by molar-refractivity contribution is -0.142. The highest BCUT2D eigenvalue weighted by atomic mass is 32.2. The first-order chi connectivity index (χ1) is 7.56. The average Bonchev–Trinajstić information content (AvgIpc) is 2.28. The lowest BCUT2D eigenvalue weighted by Crippen LogP contribution is -2.39. The van der Waals surface area contributed by atoms with Gasteiger partial charge >= 0.3 is 5.97 Å². The molecular formula is C9H19N3O2S2. The van der Waals surface area contributed by atoms with Gasteiger partial charge in [0.2, 0.25) is 0 Å². The third kappa shape index (κ3) is 5.62. The summed E-state index contributed by atoms with van der Waals surface area (Å²) < 4.78 is 4.62. The van der Waals surface area contributed by atoms with Crippen LogP contribution in [0.2, 0.25) is 0 Å². The summed E-state index contributed by atoms with van der Waals surface area (Å²) in [4.78, 5) is 17.4. The molecule has 7 heteroatoms. The highest BCUT2D eigenvalue weighted by Gasteiger charge is 2.15. The van der Waals surface area contributed by atoms with E-state index in [-0.39, 0.29) is 5.97 Å². The molecule has 0 aliphatic rings. The molecule has 0 aromatic rings. The molecule has 1 N–H and O–H groups in total. The van der Waals surface area contributed by atoms with Crippen LogP contribution in [0.1, 0.15) is 0 Å². The maximum absolute atomic E-state index is 11.2. The standard InChI is InChI=1S/C9H19N3O2S2/c1-12(2)9(16-4)11-6-10-7(5-15)8(13)14-3/h7,10,15H,5-6H2,1-4H3/b11-9-/t7-/m1/s1. The first-order valence-electron chi connectivity index (χ1n) is 4.74. The van der Waals surface area contributed by atoms with E-state index in [1.807, 2.05) is 25.3 Å². The summed E-state index contributed by atoms with van der Waals surface area (Å²) in [5.41, 5.74) is 0. The van der Waals surface area contributed by atoms with Crippen molar-refractivity contribution in [2.45, 2.75) is 6.04 Å². The minimum atomic E-state index is -0.414. The van der Waals surface area contributed by atoms with Crippen LogP contribution < -0.4 is 5.32 Å². The Balaban J connectivity index is 4.16. The third-order valence-corrected chi connectivity index (χ3v) is 3.01. The molecule has 0 unspecified atom stereocenters. The molecule has 0 aliphatic heterocycles. The van der Waals surface area contributed by atoms with Crippen LogP contribution in [-0.4, -0.2) is 62.0 Å². The van der Waals surface area contributed by atoms with Crippen molar-refractivity contribution < 1.29 is 9.53 Å². The number of rotatable bonds is 5. The van der Waals surface area contributed by atoms with Crippen molar-refractivity contribution in [3.05, 3.63) is 0 Å². The van der Waals surface area contributed by atoms with E-state index in [9.17, 15) is 4.79 Å². The molecule has 0 aromatic carbocycles. The summed E-state index contributed by atoms with van der Waals surface area (Å²) in [5, 5.41) is 3.86. The summed E-state index contributed by atoms with van der Waals surface area (Å²) in [5.74, 6) is 0.0689. The molecule has 0 spiro atoms. The van der Waals surface area contributed by atoms with Gasteiger partial charge in [-0.25, -0.2) is 4.99 Å². The van der Waals surface area contributed by atoms with E-state index >= 15 is 0 Å². The second kappa shape index (κ2) is 8.72. The normalized spacial score (nSPS) is 13.4. The van der Waals surface area contributed by atoms with E-state index in [1.165, 1.54) is 7.11 Å². The zero-order chi connectivity index (χ0) is 12.6. The molecule has 1 atom stereocenters. The molecule has 0 saturated heterocycles. The molecule has 0 heterocycles. The lowest BCUT2D eigenvalue weighted by Gasteiger charge is -2.15. The van der Waals surface area contributed by atoms with Crippen molar-refractivity contribution in [2.24, 2.45) is 4.99 Å². The number of esters is 1. The summed E-state index contributed by atoms with van der Waals surface area (Å²) in [6, 6.07) is -0.414. The molecule has 0 radical (unpaired) electrons. The first-order valence-corrected chi connectivity index (χ1v) is 6.60. The van der Waals surface area contributed by atoms with Gasteiger partial charge in [-0.15, -0.1) is 0 Å². The van der Waals surface area contributed by atoms with Gasteiger partial charge in [0.05, 0.1) is 13.8 Å². The SMILES string of the molecule is COC(=O)[C@@H](CS)NC/N=C(\SC)N(C)C. The Morgan fingerprint density at radius 1 is 1.62 bits per heavy atom. The summed E-state index contributed by atoms with van der Waals surface area (Å²) >= 11 is 5.62. The van der Waals surface area contributed by atoms with Crippen LogP contribution in [0.5, 0.6) is 0 Å². The van der Waals surface area contributed by atoms with Crippen molar-refractivity contribution >= 4 is 35.5 Å². The van der Waals surface area contributed by atoms with Gasteiger partial charge in [-0.1, -0.05) is 11.8 Å². The number of thioether (sulfide) groups is 1. The highest BCUT2D eigenvalue weighted by molar-refractivity contribution is 8.13. The van der Waals surface area contributed by atoms with Gasteiger partial charge in [-0.3, -0.25) is 10.1 Å². The zero-order valence-electron chi connectivity index (χ0n) is 10.1. The smallest absolute Gasteiger partial charge is 0.323 e. The predicted octanol–water partition coefficient (Wildman–Crippen LogP) is 0.285. The number of hydrogen-bond acceptors (Lipinski definition) is 6. The van der Waals surface area contributed by atoms with E-state index in [0.717, 1.165) is 5.17 Å². The third-order valence-electron chi connectivity index (χ3n) is 1.79. The van der Waals surface area contributed by atoms with Crippen molar-refractivity contribution in [2.75, 3.05) is 39.9 Å². The number of ether oxygens (including phenoxy) is 1. The fourth-order valence-electron chi connectivity index (χ4n) is 0.977. The number of carbonyl (C=O) groups excluding carboxylic acids is 1. The monoisotopic (exact) mass is 265 g/mol. The van der Waals surface area contributed by atoms with Crippen molar-refractivity contribution in [1.29, 1.82) is 0 Å². The Morgan fingerprint density at radius 3 is 2.62 bits per heavy atom. The Kier molecular flexibility index (Phi) is 8.50. The van der Waals surface area contributed by atoms with Gasteiger partial charge in [0.15, 0.2) is 5.17 Å². The number of methoxy groups -OCH3 is 1. The van der Waals surface area contributed by atoms with Gasteiger partial charge in [-0.05, 0) is 6.26 Å². The van der Waals surface area contributed by atoms with E-state index in [4.69, 9.17) is 0 Å². The number of amidine groups is 1. The Morgan fingerprint density at radius 2 is 2.25 bits per heavy atom. The lowest BCUT2D eigenvalue weighted by atomic mass is 10.3. The molecule has 0 amide bonds. The minimum absolute atomic E-state index is 0.319. The topological polar surface area (TPSA) is 53.9 Å². The summed E-state index contributed by atoms with van der Waals surface area (Å²) in [6.07, 6.45) is 1.95. The van der Waals surface area contributed by atoms with Gasteiger partial charge < -0.3 is 9.64 Å². The number of nitrogens with one attached hydrogen (secondary N) is 1. The van der Waals surface area contributed by atoms with Crippen molar-refractivity contribution in [3.63, 3.8) is 0 Å². The number of carbonyl (C=O) groups is 1. The fraction of sp³-hybridized carbons (Fsp3) is 0.778. The molecule has 0 aliphatic carbocycles. The van der Waals surface area contributed by atoms with Crippen molar-refractivity contribution in [3.8, 4) is 0 Å². The van der Waals surface area contributed by atoms with Crippen LogP contribution in [0.25, 0.3) is 0 Å². The molecule has 0 rings (SSSR count). The zero-order valence-corrected chi connectivity index (χ0v) is 11.8. The van der Waals surface area contributed by atoms with Crippen LogP contribution in [-0.2, 0) is 9.53 Å². The second-order valence-electron chi connectivity index (χ2n) is 3.16. The van der Waals surface area contributed by atoms with Crippen LogP contribution in [0.15, 0.2) is 4.99 Å². The maximum Gasteiger partial charge on any atom is 0.323 e. The number of aliphatic imine (C=N–C) groups is 1. The molecule has 0 aromatic heterocycles.